The van der Waals surface area contributed by atoms with Gasteiger partial charge in [-0.1, -0.05) is 12.8 Å². The van der Waals surface area contributed by atoms with Gasteiger partial charge in [0.25, 0.3) is 6.43 Å². The molecule has 146 valence electrons. The Morgan fingerprint density at radius 1 is 1.30 bits per heavy atom. The van der Waals surface area contributed by atoms with Gasteiger partial charge >= 0.3 is 5.97 Å². The molecule has 0 atom stereocenters. The van der Waals surface area contributed by atoms with E-state index in [0.29, 0.717) is 0 Å². The number of carbonyl (C=O) groups is 1. The predicted octanol–water partition coefficient (Wildman–Crippen LogP) is 2.06. The summed E-state index contributed by atoms with van der Waals surface area (Å²) in [6.07, 6.45) is 1.27. The third kappa shape index (κ3) is 3.89. The van der Waals surface area contributed by atoms with Crippen LogP contribution in [0, 0.1) is 0 Å². The molecule has 1 fully saturated rings. The number of rotatable bonds is 6. The number of halogens is 2. The summed E-state index contributed by atoms with van der Waals surface area (Å²) in [7, 11) is -3.59. The molecule has 2 aromatic heterocycles. The summed E-state index contributed by atoms with van der Waals surface area (Å²) >= 11 is 0. The molecule has 1 saturated carbocycles. The fourth-order valence-corrected chi connectivity index (χ4v) is 3.49. The van der Waals surface area contributed by atoms with Crippen LogP contribution in [-0.2, 0) is 9.84 Å². The van der Waals surface area contributed by atoms with E-state index < -0.39 is 33.5 Å². The van der Waals surface area contributed by atoms with E-state index in [0.717, 1.165) is 42.7 Å². The lowest BCUT2D eigenvalue weighted by atomic mass is 10.2. The van der Waals surface area contributed by atoms with Gasteiger partial charge < -0.3 is 10.4 Å². The number of anilines is 1. The molecule has 0 amide bonds. The molecule has 1 aliphatic rings. The highest BCUT2D eigenvalue weighted by Crippen LogP contribution is 2.32. The first-order valence-corrected chi connectivity index (χ1v) is 10.0. The van der Waals surface area contributed by atoms with Gasteiger partial charge in [0.1, 0.15) is 17.1 Å². The second-order valence-electron chi connectivity index (χ2n) is 6.25. The number of aromatic nitrogens is 4. The average Bonchev–Trinajstić information content (AvgIpc) is 3.22. The van der Waals surface area contributed by atoms with Crippen LogP contribution in [0.15, 0.2) is 17.2 Å². The summed E-state index contributed by atoms with van der Waals surface area (Å²) in [5.41, 5.74) is -1.53. The minimum atomic E-state index is -3.59. The Labute approximate surface area is 153 Å². The maximum absolute atomic E-state index is 13.3. The lowest BCUT2D eigenvalue weighted by Crippen LogP contribution is -2.20. The van der Waals surface area contributed by atoms with Crippen molar-refractivity contribution in [1.82, 2.24) is 20.0 Å². The van der Waals surface area contributed by atoms with Crippen molar-refractivity contribution in [3.8, 4) is 5.82 Å². The Kier molecular flexibility index (Phi) is 5.09. The Hall–Kier alpha value is -2.63. The molecule has 0 saturated heterocycles. The molecule has 0 unspecified atom stereocenters. The maximum atomic E-state index is 13.3. The van der Waals surface area contributed by atoms with Crippen LogP contribution in [0.5, 0.6) is 0 Å². The van der Waals surface area contributed by atoms with E-state index >= 15 is 0 Å². The van der Waals surface area contributed by atoms with Crippen LogP contribution in [0.4, 0.5) is 14.6 Å². The zero-order valence-corrected chi connectivity index (χ0v) is 15.1. The van der Waals surface area contributed by atoms with E-state index in [2.05, 4.69) is 20.6 Å². The highest BCUT2D eigenvalue weighted by atomic mass is 32.2. The van der Waals surface area contributed by atoms with Crippen LogP contribution in [0.25, 0.3) is 5.82 Å². The van der Waals surface area contributed by atoms with Crippen LogP contribution in [0.3, 0.4) is 0 Å². The van der Waals surface area contributed by atoms with Gasteiger partial charge in [0.2, 0.25) is 0 Å². The number of hydrogen-bond donors (Lipinski definition) is 2. The van der Waals surface area contributed by atoms with Gasteiger partial charge in [-0.3, -0.25) is 0 Å². The molecule has 0 radical (unpaired) electrons. The maximum Gasteiger partial charge on any atom is 0.341 e. The summed E-state index contributed by atoms with van der Waals surface area (Å²) in [5, 5.41) is 23.1. The molecular formula is C15H17F2N5O4S. The van der Waals surface area contributed by atoms with Crippen LogP contribution < -0.4 is 5.32 Å². The van der Waals surface area contributed by atoms with Gasteiger partial charge in [0, 0.05) is 12.3 Å². The normalized spacial score (nSPS) is 15.4. The number of carboxylic acids is 1. The molecular weight excluding hydrogens is 384 g/mol. The Balaban J connectivity index is 2.12. The smallest absolute Gasteiger partial charge is 0.341 e. The number of alkyl halides is 2. The summed E-state index contributed by atoms with van der Waals surface area (Å²) in [4.78, 5) is 11.6. The molecule has 3 rings (SSSR count). The van der Waals surface area contributed by atoms with E-state index in [4.69, 9.17) is 0 Å². The number of nitrogens with zero attached hydrogens (tertiary/aromatic N) is 4. The SMILES string of the molecule is CS(=O)(=O)c1ccc(-n2nc(C(F)F)c(C(=O)O)c2NC2CCCC2)nn1. The second kappa shape index (κ2) is 7.18. The van der Waals surface area contributed by atoms with Gasteiger partial charge in [-0.05, 0) is 25.0 Å². The van der Waals surface area contributed by atoms with E-state index in [1.165, 1.54) is 6.07 Å². The lowest BCUT2D eigenvalue weighted by Gasteiger charge is -2.15. The number of hydrogen-bond acceptors (Lipinski definition) is 7. The first-order chi connectivity index (χ1) is 12.7. The standard InChI is InChI=1S/C15H17F2N5O4S/c1-27(25,26)10-7-6-9(19-20-10)22-14(18-8-4-2-3-5-8)11(15(23)24)12(21-22)13(16)17/h6-8,13,18H,2-5H2,1H3,(H,23,24). The van der Waals surface area contributed by atoms with Crippen molar-refractivity contribution >= 4 is 21.6 Å². The highest BCUT2D eigenvalue weighted by Gasteiger charge is 2.31. The van der Waals surface area contributed by atoms with Crippen molar-refractivity contribution in [2.45, 2.75) is 43.2 Å². The molecule has 2 N–H and O–H groups in total. The van der Waals surface area contributed by atoms with Gasteiger partial charge in [-0.15, -0.1) is 10.2 Å². The minimum Gasteiger partial charge on any atom is -0.477 e. The third-order valence-electron chi connectivity index (χ3n) is 4.25. The van der Waals surface area contributed by atoms with E-state index in [1.54, 1.807) is 0 Å². The van der Waals surface area contributed by atoms with E-state index in [9.17, 15) is 27.1 Å². The average molecular weight is 401 g/mol. The van der Waals surface area contributed by atoms with E-state index in [-0.39, 0.29) is 22.7 Å². The third-order valence-corrected chi connectivity index (χ3v) is 5.23. The largest absolute Gasteiger partial charge is 0.477 e. The zero-order chi connectivity index (χ0) is 19.8. The van der Waals surface area contributed by atoms with Crippen molar-refractivity contribution < 1.29 is 27.1 Å². The summed E-state index contributed by atoms with van der Waals surface area (Å²) in [5.74, 6) is -1.74. The number of carboxylic acid groups (broad SMARTS) is 1. The number of nitrogens with one attached hydrogen (secondary N) is 1. The predicted molar refractivity (Wildman–Crippen MR) is 90.1 cm³/mol. The minimum absolute atomic E-state index is 0.0719. The Morgan fingerprint density at radius 2 is 1.96 bits per heavy atom. The second-order valence-corrected chi connectivity index (χ2v) is 8.22. The molecule has 2 heterocycles. The van der Waals surface area contributed by atoms with Crippen molar-refractivity contribution in [2.75, 3.05) is 11.6 Å². The zero-order valence-electron chi connectivity index (χ0n) is 14.3. The van der Waals surface area contributed by atoms with Crippen molar-refractivity contribution in [1.29, 1.82) is 0 Å². The van der Waals surface area contributed by atoms with Crippen LogP contribution in [0.2, 0.25) is 0 Å². The fourth-order valence-electron chi connectivity index (χ4n) is 2.98. The molecule has 9 nitrogen and oxygen atoms in total. The van der Waals surface area contributed by atoms with Crippen LogP contribution >= 0.6 is 0 Å². The monoisotopic (exact) mass is 401 g/mol. The van der Waals surface area contributed by atoms with Gasteiger partial charge in [-0.25, -0.2) is 22.0 Å². The molecule has 27 heavy (non-hydrogen) atoms. The number of aromatic carboxylic acids is 1. The molecule has 0 aliphatic heterocycles. The molecule has 0 spiro atoms. The quantitative estimate of drug-likeness (QED) is 0.753. The summed E-state index contributed by atoms with van der Waals surface area (Å²) in [6, 6.07) is 2.31. The molecule has 12 heteroatoms. The Morgan fingerprint density at radius 3 is 2.44 bits per heavy atom. The lowest BCUT2D eigenvalue weighted by molar-refractivity contribution is 0.0685. The van der Waals surface area contributed by atoms with Crippen molar-refractivity contribution in [3.05, 3.63) is 23.4 Å². The van der Waals surface area contributed by atoms with Gasteiger partial charge in [0.15, 0.2) is 20.7 Å². The first-order valence-electron chi connectivity index (χ1n) is 8.13. The summed E-state index contributed by atoms with van der Waals surface area (Å²) < 4.78 is 50.6. The summed E-state index contributed by atoms with van der Waals surface area (Å²) in [6.45, 7) is 0. The first kappa shape index (κ1) is 19.1. The highest BCUT2D eigenvalue weighted by molar-refractivity contribution is 7.90. The number of sulfone groups is 1. The van der Waals surface area contributed by atoms with Crippen LogP contribution in [-0.4, -0.2) is 51.8 Å². The molecule has 0 aromatic carbocycles. The molecule has 2 aromatic rings. The molecule has 0 bridgehead atoms. The van der Waals surface area contributed by atoms with Crippen LogP contribution in [0.1, 0.15) is 48.2 Å². The van der Waals surface area contributed by atoms with Gasteiger partial charge in [0.05, 0.1) is 0 Å². The van der Waals surface area contributed by atoms with E-state index in [1.807, 2.05) is 0 Å². The topological polar surface area (TPSA) is 127 Å². The van der Waals surface area contributed by atoms with Crippen molar-refractivity contribution in [3.63, 3.8) is 0 Å². The molecule has 1 aliphatic carbocycles. The van der Waals surface area contributed by atoms with Gasteiger partial charge in [-0.2, -0.15) is 9.78 Å². The van der Waals surface area contributed by atoms with Crippen molar-refractivity contribution in [2.24, 2.45) is 0 Å². The Bertz CT molecular complexity index is 953. The fraction of sp³-hybridized carbons (Fsp3) is 0.467.